The molecule has 6 nitrogen and oxygen atoms in total. The Hall–Kier alpha value is -3.15. The van der Waals surface area contributed by atoms with Crippen LogP contribution < -0.4 is 15.5 Å². The molecular weight excluding hydrogens is 306 g/mol. The molecule has 0 spiro atoms. The highest BCUT2D eigenvalue weighted by molar-refractivity contribution is 6.03. The molecule has 0 unspecified atom stereocenters. The summed E-state index contributed by atoms with van der Waals surface area (Å²) in [5.41, 5.74) is 6.03. The summed E-state index contributed by atoms with van der Waals surface area (Å²) in [5, 5.41) is 6.89. The number of anilines is 1. The van der Waals surface area contributed by atoms with E-state index in [9.17, 15) is 9.59 Å². The Bertz CT molecular complexity index is 843. The second kappa shape index (κ2) is 6.54. The van der Waals surface area contributed by atoms with E-state index in [1.54, 1.807) is 25.1 Å². The zero-order chi connectivity index (χ0) is 17.1. The third kappa shape index (κ3) is 3.27. The number of aryl methyl sites for hydroxylation is 1. The van der Waals surface area contributed by atoms with E-state index < -0.39 is 0 Å². The van der Waals surface area contributed by atoms with Crippen LogP contribution in [0.25, 0.3) is 0 Å². The van der Waals surface area contributed by atoms with Crippen molar-refractivity contribution in [1.82, 2.24) is 5.43 Å². The van der Waals surface area contributed by atoms with Crippen LogP contribution in [0.3, 0.4) is 0 Å². The monoisotopic (exact) mass is 323 g/mol. The summed E-state index contributed by atoms with van der Waals surface area (Å²) < 4.78 is 5.32. The predicted molar refractivity (Wildman–Crippen MR) is 91.4 cm³/mol. The Balaban J connectivity index is 1.77. The molecule has 0 saturated heterocycles. The van der Waals surface area contributed by atoms with Crippen LogP contribution in [-0.2, 0) is 4.79 Å². The number of hydrazone groups is 1. The van der Waals surface area contributed by atoms with E-state index in [2.05, 4.69) is 15.8 Å². The van der Waals surface area contributed by atoms with Crippen molar-refractivity contribution in [3.05, 3.63) is 59.2 Å². The lowest BCUT2D eigenvalue weighted by Gasteiger charge is -2.18. The Labute approximate surface area is 139 Å². The maximum absolute atomic E-state index is 12.2. The molecule has 0 radical (unpaired) electrons. The fourth-order valence-electron chi connectivity index (χ4n) is 2.40. The molecule has 1 aliphatic rings. The molecule has 2 aromatic rings. The molecular formula is C18H17N3O3. The van der Waals surface area contributed by atoms with Gasteiger partial charge in [-0.1, -0.05) is 18.2 Å². The van der Waals surface area contributed by atoms with Gasteiger partial charge in [-0.25, -0.2) is 5.43 Å². The molecule has 2 amide bonds. The van der Waals surface area contributed by atoms with Crippen molar-refractivity contribution in [3.8, 4) is 5.75 Å². The fourth-order valence-corrected chi connectivity index (χ4v) is 2.40. The quantitative estimate of drug-likeness (QED) is 0.673. The Morgan fingerprint density at radius 1 is 1.25 bits per heavy atom. The first-order valence-corrected chi connectivity index (χ1v) is 7.52. The summed E-state index contributed by atoms with van der Waals surface area (Å²) in [7, 11) is 0. The summed E-state index contributed by atoms with van der Waals surface area (Å²) in [5.74, 6) is 0.166. The van der Waals surface area contributed by atoms with Crippen molar-refractivity contribution in [2.24, 2.45) is 5.10 Å². The van der Waals surface area contributed by atoms with Crippen LogP contribution >= 0.6 is 0 Å². The number of benzene rings is 2. The van der Waals surface area contributed by atoms with Gasteiger partial charge in [0.1, 0.15) is 5.75 Å². The molecule has 0 atom stereocenters. The number of amides is 2. The number of nitrogens with one attached hydrogen (secondary N) is 2. The van der Waals surface area contributed by atoms with Gasteiger partial charge in [0.25, 0.3) is 11.8 Å². The van der Waals surface area contributed by atoms with Crippen molar-refractivity contribution in [1.29, 1.82) is 0 Å². The van der Waals surface area contributed by atoms with Crippen LogP contribution in [-0.4, -0.2) is 24.1 Å². The molecule has 2 N–H and O–H groups in total. The molecule has 0 bridgehead atoms. The number of carbonyl (C=O) groups is 2. The Kier molecular flexibility index (Phi) is 4.29. The number of hydrogen-bond donors (Lipinski definition) is 2. The normalized spacial score (nSPS) is 13.6. The first-order valence-electron chi connectivity index (χ1n) is 7.52. The van der Waals surface area contributed by atoms with Crippen LogP contribution in [0.5, 0.6) is 5.75 Å². The molecule has 3 rings (SSSR count). The third-order valence-electron chi connectivity index (χ3n) is 3.75. The van der Waals surface area contributed by atoms with Crippen molar-refractivity contribution < 1.29 is 14.3 Å². The van der Waals surface area contributed by atoms with Crippen molar-refractivity contribution in [2.45, 2.75) is 13.8 Å². The summed E-state index contributed by atoms with van der Waals surface area (Å²) >= 11 is 0. The number of fused-ring (bicyclic) bond motifs is 1. The highest BCUT2D eigenvalue weighted by Crippen LogP contribution is 2.28. The average molecular weight is 323 g/mol. The number of ether oxygens (including phenoxy) is 1. The summed E-state index contributed by atoms with van der Waals surface area (Å²) in [6.07, 6.45) is 0. The smallest absolute Gasteiger partial charge is 0.271 e. The minimum Gasteiger partial charge on any atom is -0.482 e. The Morgan fingerprint density at radius 2 is 2.04 bits per heavy atom. The van der Waals surface area contributed by atoms with Crippen LogP contribution in [0.2, 0.25) is 0 Å². The average Bonchev–Trinajstić information content (AvgIpc) is 2.59. The molecule has 0 aliphatic carbocycles. The lowest BCUT2D eigenvalue weighted by atomic mass is 10.1. The van der Waals surface area contributed by atoms with Crippen molar-refractivity contribution in [3.63, 3.8) is 0 Å². The third-order valence-corrected chi connectivity index (χ3v) is 3.75. The molecule has 24 heavy (non-hydrogen) atoms. The zero-order valence-corrected chi connectivity index (χ0v) is 13.4. The highest BCUT2D eigenvalue weighted by Gasteiger charge is 2.16. The van der Waals surface area contributed by atoms with Gasteiger partial charge in [0.15, 0.2) is 6.61 Å². The van der Waals surface area contributed by atoms with Gasteiger partial charge >= 0.3 is 0 Å². The molecule has 6 heteroatoms. The van der Waals surface area contributed by atoms with E-state index in [1.807, 2.05) is 31.2 Å². The lowest BCUT2D eigenvalue weighted by Crippen LogP contribution is -2.25. The molecule has 2 aromatic carbocycles. The highest BCUT2D eigenvalue weighted by atomic mass is 16.5. The maximum atomic E-state index is 12.2. The van der Waals surface area contributed by atoms with Gasteiger partial charge in [-0.05, 0) is 49.2 Å². The van der Waals surface area contributed by atoms with Crippen LogP contribution in [0, 0.1) is 6.92 Å². The first-order chi connectivity index (χ1) is 11.5. The molecule has 1 heterocycles. The minimum absolute atomic E-state index is 0.0197. The van der Waals surface area contributed by atoms with Crippen LogP contribution in [0.4, 0.5) is 5.69 Å². The molecule has 0 saturated carbocycles. The zero-order valence-electron chi connectivity index (χ0n) is 13.4. The van der Waals surface area contributed by atoms with E-state index >= 15 is 0 Å². The summed E-state index contributed by atoms with van der Waals surface area (Å²) in [6, 6.07) is 12.7. The fraction of sp³-hybridized carbons (Fsp3) is 0.167. The van der Waals surface area contributed by atoms with E-state index in [1.165, 1.54) is 0 Å². The lowest BCUT2D eigenvalue weighted by molar-refractivity contribution is -0.118. The van der Waals surface area contributed by atoms with Gasteiger partial charge in [0.05, 0.1) is 11.4 Å². The number of hydrogen-bond acceptors (Lipinski definition) is 4. The standard InChI is InChI=1S/C18H17N3O3/c1-11-5-3-4-6-14(11)18(23)21-20-12(2)13-7-8-16-15(9-13)19-17(22)10-24-16/h3-9H,10H2,1-2H3,(H,19,22)(H,21,23)/b20-12-. The second-order valence-electron chi connectivity index (χ2n) is 5.50. The number of rotatable bonds is 3. The van der Waals surface area contributed by atoms with Gasteiger partial charge in [-0.2, -0.15) is 5.10 Å². The van der Waals surface area contributed by atoms with Gasteiger partial charge < -0.3 is 10.1 Å². The van der Waals surface area contributed by atoms with Gasteiger partial charge in [-0.15, -0.1) is 0 Å². The predicted octanol–water partition coefficient (Wildman–Crippen LogP) is 2.48. The van der Waals surface area contributed by atoms with Crippen molar-refractivity contribution >= 4 is 23.2 Å². The van der Waals surface area contributed by atoms with E-state index in [0.717, 1.165) is 11.1 Å². The SMILES string of the molecule is C/C(=N/NC(=O)c1ccccc1C)c1ccc2c(c1)NC(=O)CO2. The van der Waals surface area contributed by atoms with Gasteiger partial charge in [0.2, 0.25) is 0 Å². The molecule has 1 aliphatic heterocycles. The Morgan fingerprint density at radius 3 is 2.83 bits per heavy atom. The number of nitrogens with zero attached hydrogens (tertiary/aromatic N) is 1. The second-order valence-corrected chi connectivity index (χ2v) is 5.50. The molecule has 122 valence electrons. The summed E-state index contributed by atoms with van der Waals surface area (Å²) in [6.45, 7) is 3.68. The molecule has 0 aromatic heterocycles. The van der Waals surface area contributed by atoms with Gasteiger partial charge in [-0.3, -0.25) is 9.59 Å². The van der Waals surface area contributed by atoms with E-state index in [-0.39, 0.29) is 18.4 Å². The molecule has 0 fully saturated rings. The van der Waals surface area contributed by atoms with E-state index in [4.69, 9.17) is 4.74 Å². The van der Waals surface area contributed by atoms with E-state index in [0.29, 0.717) is 22.7 Å². The topological polar surface area (TPSA) is 79.8 Å². The first kappa shape index (κ1) is 15.7. The van der Waals surface area contributed by atoms with Crippen LogP contribution in [0.15, 0.2) is 47.6 Å². The summed E-state index contributed by atoms with van der Waals surface area (Å²) in [4.78, 5) is 23.6. The number of carbonyl (C=O) groups excluding carboxylic acids is 2. The minimum atomic E-state index is -0.262. The maximum Gasteiger partial charge on any atom is 0.271 e. The van der Waals surface area contributed by atoms with Crippen molar-refractivity contribution in [2.75, 3.05) is 11.9 Å². The van der Waals surface area contributed by atoms with Gasteiger partial charge in [0, 0.05) is 5.56 Å². The largest absolute Gasteiger partial charge is 0.482 e. The van der Waals surface area contributed by atoms with Crippen LogP contribution in [0.1, 0.15) is 28.4 Å².